The summed E-state index contributed by atoms with van der Waals surface area (Å²) in [7, 11) is 1.82. The molecule has 0 atom stereocenters. The Morgan fingerprint density at radius 2 is 2.50 bits per heavy atom. The van der Waals surface area contributed by atoms with Gasteiger partial charge in [0.2, 0.25) is 11.8 Å². The van der Waals surface area contributed by atoms with Gasteiger partial charge in [0.1, 0.15) is 0 Å². The Morgan fingerprint density at radius 1 is 1.80 bits per heavy atom. The number of aryl methyl sites for hydroxylation is 1. The Balaban J connectivity index is 2.77. The van der Waals surface area contributed by atoms with Gasteiger partial charge >= 0.3 is 0 Å². The molecular weight excluding hydrogens is 130 g/mol. The number of hydrogen-bond acceptors (Lipinski definition) is 3. The lowest BCUT2D eigenvalue weighted by molar-refractivity contribution is 0.328. The van der Waals surface area contributed by atoms with Crippen LogP contribution in [-0.4, -0.2) is 16.2 Å². The normalized spacial score (nSPS) is 9.80. The number of anilines is 1. The van der Waals surface area contributed by atoms with E-state index in [1.807, 2.05) is 14.0 Å². The van der Waals surface area contributed by atoms with Crippen molar-refractivity contribution in [1.29, 1.82) is 0 Å². The third kappa shape index (κ3) is 1.21. The van der Waals surface area contributed by atoms with Crippen LogP contribution in [-0.2, 0) is 7.05 Å². The highest BCUT2D eigenvalue weighted by Gasteiger charge is 1.99. The van der Waals surface area contributed by atoms with Crippen LogP contribution < -0.4 is 10.5 Å². The van der Waals surface area contributed by atoms with E-state index < -0.39 is 0 Å². The zero-order valence-corrected chi connectivity index (χ0v) is 6.16. The topological polar surface area (TPSA) is 53.1 Å². The van der Waals surface area contributed by atoms with Crippen molar-refractivity contribution in [3.05, 3.63) is 6.20 Å². The van der Waals surface area contributed by atoms with Crippen LogP contribution in [0.4, 0.5) is 5.95 Å². The number of rotatable bonds is 2. The highest BCUT2D eigenvalue weighted by Crippen LogP contribution is 2.09. The minimum Gasteiger partial charge on any atom is -0.477 e. The van der Waals surface area contributed by atoms with Crippen LogP contribution in [0.1, 0.15) is 6.92 Å². The highest BCUT2D eigenvalue weighted by atomic mass is 16.5. The van der Waals surface area contributed by atoms with Gasteiger partial charge in [-0.1, -0.05) is 0 Å². The number of hydrogen-bond donors (Lipinski definition) is 1. The Labute approximate surface area is 59.6 Å². The van der Waals surface area contributed by atoms with Gasteiger partial charge in [0.05, 0.1) is 12.8 Å². The van der Waals surface area contributed by atoms with E-state index in [0.717, 1.165) is 0 Å². The molecule has 0 bridgehead atoms. The summed E-state index contributed by atoms with van der Waals surface area (Å²) < 4.78 is 6.81. The predicted octanol–water partition coefficient (Wildman–Crippen LogP) is 0.401. The van der Waals surface area contributed by atoms with Crippen LogP contribution in [0.2, 0.25) is 0 Å². The summed E-state index contributed by atoms with van der Waals surface area (Å²) in [5.41, 5.74) is 5.44. The van der Waals surface area contributed by atoms with Crippen molar-refractivity contribution in [2.75, 3.05) is 12.3 Å². The summed E-state index contributed by atoms with van der Waals surface area (Å²) in [6.07, 6.45) is 1.75. The molecule has 0 radical (unpaired) electrons. The van der Waals surface area contributed by atoms with Crippen LogP contribution in [0.25, 0.3) is 0 Å². The zero-order valence-electron chi connectivity index (χ0n) is 6.16. The molecule has 0 fully saturated rings. The summed E-state index contributed by atoms with van der Waals surface area (Å²) in [6, 6.07) is 0. The monoisotopic (exact) mass is 141 g/mol. The Morgan fingerprint density at radius 3 is 2.90 bits per heavy atom. The largest absolute Gasteiger partial charge is 0.477 e. The fraction of sp³-hybridized carbons (Fsp3) is 0.500. The van der Waals surface area contributed by atoms with Crippen molar-refractivity contribution < 1.29 is 4.74 Å². The van der Waals surface area contributed by atoms with Crippen molar-refractivity contribution in [1.82, 2.24) is 9.55 Å². The minimum absolute atomic E-state index is 0.475. The van der Waals surface area contributed by atoms with Gasteiger partial charge in [-0.15, -0.1) is 0 Å². The van der Waals surface area contributed by atoms with Crippen molar-refractivity contribution in [2.24, 2.45) is 7.05 Å². The molecule has 4 nitrogen and oxygen atoms in total. The fourth-order valence-electron chi connectivity index (χ4n) is 0.670. The number of imidazole rings is 1. The van der Waals surface area contributed by atoms with Crippen molar-refractivity contribution in [3.8, 4) is 5.88 Å². The second-order valence-corrected chi connectivity index (χ2v) is 1.98. The fourth-order valence-corrected chi connectivity index (χ4v) is 0.670. The standard InChI is InChI=1S/C6H11N3O/c1-3-10-5-4-9(2)6(7)8-5/h4H,3H2,1-2H3,(H2,7,8). The van der Waals surface area contributed by atoms with E-state index in [0.29, 0.717) is 18.4 Å². The summed E-state index contributed by atoms with van der Waals surface area (Å²) in [5.74, 6) is 1.06. The van der Waals surface area contributed by atoms with Gasteiger partial charge in [-0.3, -0.25) is 0 Å². The summed E-state index contributed by atoms with van der Waals surface area (Å²) >= 11 is 0. The van der Waals surface area contributed by atoms with Gasteiger partial charge in [0.25, 0.3) is 0 Å². The van der Waals surface area contributed by atoms with Gasteiger partial charge in [-0.25, -0.2) is 0 Å². The number of nitrogen functional groups attached to an aromatic ring is 1. The smallest absolute Gasteiger partial charge is 0.233 e. The van der Waals surface area contributed by atoms with E-state index >= 15 is 0 Å². The molecule has 4 heteroatoms. The lowest BCUT2D eigenvalue weighted by atomic mass is 10.8. The molecule has 0 unspecified atom stereocenters. The Hall–Kier alpha value is -1.19. The minimum atomic E-state index is 0.475. The van der Waals surface area contributed by atoms with Gasteiger partial charge in [0.15, 0.2) is 0 Å². The average Bonchev–Trinajstić information content (AvgIpc) is 2.14. The van der Waals surface area contributed by atoms with Gasteiger partial charge in [0, 0.05) is 7.05 Å². The molecule has 56 valence electrons. The molecule has 10 heavy (non-hydrogen) atoms. The lowest BCUT2D eigenvalue weighted by Crippen LogP contribution is -1.94. The third-order valence-electron chi connectivity index (χ3n) is 1.18. The maximum absolute atomic E-state index is 5.44. The van der Waals surface area contributed by atoms with Gasteiger partial charge < -0.3 is 15.0 Å². The van der Waals surface area contributed by atoms with Crippen molar-refractivity contribution in [2.45, 2.75) is 6.92 Å². The van der Waals surface area contributed by atoms with Crippen LogP contribution in [0, 0.1) is 0 Å². The van der Waals surface area contributed by atoms with Crippen LogP contribution in [0.15, 0.2) is 6.20 Å². The molecule has 0 aromatic carbocycles. The van der Waals surface area contributed by atoms with Crippen LogP contribution >= 0.6 is 0 Å². The molecule has 1 aromatic rings. The number of ether oxygens (including phenoxy) is 1. The molecule has 0 spiro atoms. The molecular formula is C6H11N3O. The molecule has 0 saturated heterocycles. The maximum Gasteiger partial charge on any atom is 0.233 e. The van der Waals surface area contributed by atoms with Gasteiger partial charge in [-0.2, -0.15) is 4.98 Å². The van der Waals surface area contributed by atoms with E-state index in [1.54, 1.807) is 10.8 Å². The van der Waals surface area contributed by atoms with Crippen molar-refractivity contribution in [3.63, 3.8) is 0 Å². The van der Waals surface area contributed by atoms with Crippen LogP contribution in [0.5, 0.6) is 5.88 Å². The molecule has 1 aromatic heterocycles. The molecule has 0 aliphatic rings. The quantitative estimate of drug-likeness (QED) is 0.648. The summed E-state index contributed by atoms with van der Waals surface area (Å²) in [6.45, 7) is 2.53. The maximum atomic E-state index is 5.44. The summed E-state index contributed by atoms with van der Waals surface area (Å²) in [5, 5.41) is 0. The van der Waals surface area contributed by atoms with E-state index in [9.17, 15) is 0 Å². The highest BCUT2D eigenvalue weighted by molar-refractivity contribution is 5.24. The first-order valence-corrected chi connectivity index (χ1v) is 3.15. The Kier molecular flexibility index (Phi) is 1.80. The van der Waals surface area contributed by atoms with Crippen molar-refractivity contribution >= 4 is 5.95 Å². The molecule has 0 amide bonds. The van der Waals surface area contributed by atoms with Crippen LogP contribution in [0.3, 0.4) is 0 Å². The average molecular weight is 141 g/mol. The third-order valence-corrected chi connectivity index (χ3v) is 1.18. The first-order valence-electron chi connectivity index (χ1n) is 3.15. The Bertz CT molecular complexity index is 199. The molecule has 0 aliphatic carbocycles. The van der Waals surface area contributed by atoms with E-state index in [2.05, 4.69) is 4.98 Å². The summed E-state index contributed by atoms with van der Waals surface area (Å²) in [4.78, 5) is 3.92. The van der Waals surface area contributed by atoms with Gasteiger partial charge in [-0.05, 0) is 6.92 Å². The van der Waals surface area contributed by atoms with E-state index in [-0.39, 0.29) is 0 Å². The lowest BCUT2D eigenvalue weighted by Gasteiger charge is -1.92. The number of nitrogens with zero attached hydrogens (tertiary/aromatic N) is 2. The number of aromatic nitrogens is 2. The molecule has 1 heterocycles. The molecule has 1 rings (SSSR count). The van der Waals surface area contributed by atoms with E-state index in [1.165, 1.54) is 0 Å². The molecule has 0 aliphatic heterocycles. The molecule has 2 N–H and O–H groups in total. The second kappa shape index (κ2) is 2.60. The molecule has 0 saturated carbocycles. The first-order chi connectivity index (χ1) is 4.74. The van der Waals surface area contributed by atoms with E-state index in [4.69, 9.17) is 10.5 Å². The first kappa shape index (κ1) is 6.92. The second-order valence-electron chi connectivity index (χ2n) is 1.98. The SMILES string of the molecule is CCOc1cn(C)c(N)n1. The zero-order chi connectivity index (χ0) is 7.56. The number of nitrogens with two attached hydrogens (primary N) is 1. The predicted molar refractivity (Wildman–Crippen MR) is 38.8 cm³/mol.